The van der Waals surface area contributed by atoms with Gasteiger partial charge in [-0.3, -0.25) is 0 Å². The van der Waals surface area contributed by atoms with Gasteiger partial charge in [0.2, 0.25) is 5.88 Å². The first-order valence-corrected chi connectivity index (χ1v) is 7.11. The fourth-order valence-electron chi connectivity index (χ4n) is 1.64. The number of hydrogen-bond acceptors (Lipinski definition) is 5. The SMILES string of the molecule is CS(=O)(=O)Cc1noc(N)c1-c1ccccc1F. The van der Waals surface area contributed by atoms with Crippen LogP contribution < -0.4 is 5.73 Å². The van der Waals surface area contributed by atoms with Gasteiger partial charge in [-0.25, -0.2) is 12.8 Å². The van der Waals surface area contributed by atoms with Gasteiger partial charge in [-0.2, -0.15) is 0 Å². The molecule has 0 saturated carbocycles. The van der Waals surface area contributed by atoms with E-state index in [2.05, 4.69) is 5.16 Å². The largest absolute Gasteiger partial charge is 0.367 e. The van der Waals surface area contributed by atoms with Gasteiger partial charge in [0.25, 0.3) is 0 Å². The second-order valence-corrected chi connectivity index (χ2v) is 6.06. The Hall–Kier alpha value is -1.89. The van der Waals surface area contributed by atoms with Gasteiger partial charge < -0.3 is 10.3 Å². The molecule has 0 radical (unpaired) electrons. The van der Waals surface area contributed by atoms with Gasteiger partial charge in [-0.1, -0.05) is 23.4 Å². The average Bonchev–Trinajstić information content (AvgIpc) is 2.59. The number of halogens is 1. The normalized spacial score (nSPS) is 11.7. The third-order valence-corrected chi connectivity index (χ3v) is 3.13. The Labute approximate surface area is 103 Å². The first-order valence-electron chi connectivity index (χ1n) is 5.05. The standard InChI is InChI=1S/C11H11FN2O3S/c1-18(15,16)6-9-10(11(13)17-14-9)7-4-2-3-5-8(7)12/h2-5H,6,13H2,1H3. The number of nitrogen functional groups attached to an aromatic ring is 1. The van der Waals surface area contributed by atoms with E-state index < -0.39 is 15.7 Å². The lowest BCUT2D eigenvalue weighted by Crippen LogP contribution is -2.03. The number of rotatable bonds is 3. The first-order chi connectivity index (χ1) is 8.38. The second kappa shape index (κ2) is 4.41. The summed E-state index contributed by atoms with van der Waals surface area (Å²) in [7, 11) is -3.31. The highest BCUT2D eigenvalue weighted by Gasteiger charge is 2.21. The first kappa shape index (κ1) is 12.6. The number of anilines is 1. The van der Waals surface area contributed by atoms with E-state index >= 15 is 0 Å². The molecule has 0 unspecified atom stereocenters. The topological polar surface area (TPSA) is 86.2 Å². The van der Waals surface area contributed by atoms with Crippen molar-refractivity contribution in [3.8, 4) is 11.1 Å². The van der Waals surface area contributed by atoms with E-state index in [1.165, 1.54) is 18.2 Å². The van der Waals surface area contributed by atoms with E-state index in [-0.39, 0.29) is 28.5 Å². The van der Waals surface area contributed by atoms with Crippen LogP contribution in [0.3, 0.4) is 0 Å². The van der Waals surface area contributed by atoms with E-state index in [9.17, 15) is 12.8 Å². The summed E-state index contributed by atoms with van der Waals surface area (Å²) < 4.78 is 40.9. The van der Waals surface area contributed by atoms with E-state index in [1.54, 1.807) is 6.07 Å². The zero-order valence-corrected chi connectivity index (χ0v) is 10.4. The summed E-state index contributed by atoms with van der Waals surface area (Å²) in [6.45, 7) is 0. The van der Waals surface area contributed by atoms with Crippen molar-refractivity contribution in [1.82, 2.24) is 5.16 Å². The zero-order chi connectivity index (χ0) is 13.3. The number of benzene rings is 1. The fourth-order valence-corrected chi connectivity index (χ4v) is 2.33. The molecule has 0 spiro atoms. The van der Waals surface area contributed by atoms with Crippen LogP contribution in [0.2, 0.25) is 0 Å². The predicted octanol–water partition coefficient (Wildman–Crippen LogP) is 1.61. The Kier molecular flexibility index (Phi) is 3.08. The molecule has 0 saturated heterocycles. The van der Waals surface area contributed by atoms with Gasteiger partial charge in [-0.15, -0.1) is 0 Å². The molecule has 0 aliphatic heterocycles. The van der Waals surface area contributed by atoms with E-state index in [0.29, 0.717) is 0 Å². The lowest BCUT2D eigenvalue weighted by atomic mass is 10.1. The number of nitrogens with two attached hydrogens (primary N) is 1. The number of aromatic nitrogens is 1. The van der Waals surface area contributed by atoms with Crippen LogP contribution in [-0.2, 0) is 15.6 Å². The third kappa shape index (κ3) is 2.51. The van der Waals surface area contributed by atoms with Crippen molar-refractivity contribution in [3.63, 3.8) is 0 Å². The molecule has 2 N–H and O–H groups in total. The van der Waals surface area contributed by atoms with Crippen molar-refractivity contribution in [2.45, 2.75) is 5.75 Å². The summed E-state index contributed by atoms with van der Waals surface area (Å²) in [5.74, 6) is -0.960. The Bertz CT molecular complexity index is 679. The summed E-state index contributed by atoms with van der Waals surface area (Å²) in [4.78, 5) is 0. The van der Waals surface area contributed by atoms with E-state index in [1.807, 2.05) is 0 Å². The third-order valence-electron chi connectivity index (χ3n) is 2.33. The molecule has 1 heterocycles. The van der Waals surface area contributed by atoms with Crippen LogP contribution in [-0.4, -0.2) is 19.8 Å². The van der Waals surface area contributed by atoms with Crippen molar-refractivity contribution in [2.75, 3.05) is 12.0 Å². The van der Waals surface area contributed by atoms with Crippen LogP contribution in [0.4, 0.5) is 10.3 Å². The smallest absolute Gasteiger partial charge is 0.230 e. The van der Waals surface area contributed by atoms with Gasteiger partial charge in [0.05, 0.1) is 11.3 Å². The molecule has 0 atom stereocenters. The number of nitrogens with zero attached hydrogens (tertiary/aromatic N) is 1. The molecule has 5 nitrogen and oxygen atoms in total. The van der Waals surface area contributed by atoms with Crippen LogP contribution in [0, 0.1) is 5.82 Å². The molecule has 0 bridgehead atoms. The van der Waals surface area contributed by atoms with Crippen LogP contribution in [0.25, 0.3) is 11.1 Å². The maximum atomic E-state index is 13.7. The second-order valence-electron chi connectivity index (χ2n) is 3.92. The van der Waals surface area contributed by atoms with E-state index in [4.69, 9.17) is 10.3 Å². The van der Waals surface area contributed by atoms with Crippen molar-refractivity contribution in [2.24, 2.45) is 0 Å². The minimum atomic E-state index is -3.31. The minimum absolute atomic E-state index is 0.0984. The Balaban J connectivity index is 2.58. The van der Waals surface area contributed by atoms with Crippen LogP contribution in [0.15, 0.2) is 28.8 Å². The molecule has 0 fully saturated rings. The molecule has 0 aliphatic rings. The van der Waals surface area contributed by atoms with Crippen LogP contribution in [0.5, 0.6) is 0 Å². The van der Waals surface area contributed by atoms with Gasteiger partial charge in [0, 0.05) is 11.8 Å². The zero-order valence-electron chi connectivity index (χ0n) is 9.55. The lowest BCUT2D eigenvalue weighted by Gasteiger charge is -2.03. The molecule has 0 aliphatic carbocycles. The molecule has 2 aromatic rings. The predicted molar refractivity (Wildman–Crippen MR) is 64.9 cm³/mol. The molecule has 1 aromatic heterocycles. The number of sulfone groups is 1. The molecule has 96 valence electrons. The summed E-state index contributed by atoms with van der Waals surface area (Å²) in [6.07, 6.45) is 1.06. The Morgan fingerprint density at radius 3 is 2.67 bits per heavy atom. The molecular weight excluding hydrogens is 259 g/mol. The average molecular weight is 270 g/mol. The van der Waals surface area contributed by atoms with Gasteiger partial charge >= 0.3 is 0 Å². The highest BCUT2D eigenvalue weighted by molar-refractivity contribution is 7.89. The molecule has 2 rings (SSSR count). The Morgan fingerprint density at radius 2 is 2.06 bits per heavy atom. The molecule has 7 heteroatoms. The minimum Gasteiger partial charge on any atom is -0.367 e. The van der Waals surface area contributed by atoms with Crippen molar-refractivity contribution >= 4 is 15.7 Å². The summed E-state index contributed by atoms with van der Waals surface area (Å²) >= 11 is 0. The van der Waals surface area contributed by atoms with Crippen molar-refractivity contribution in [3.05, 3.63) is 35.8 Å². The quantitative estimate of drug-likeness (QED) is 0.915. The maximum Gasteiger partial charge on any atom is 0.230 e. The molecule has 1 aromatic carbocycles. The van der Waals surface area contributed by atoms with Gasteiger partial charge in [0.1, 0.15) is 11.5 Å². The maximum absolute atomic E-state index is 13.7. The molecule has 0 amide bonds. The molecular formula is C11H11FN2O3S. The highest BCUT2D eigenvalue weighted by Crippen LogP contribution is 2.32. The molecule has 18 heavy (non-hydrogen) atoms. The Morgan fingerprint density at radius 1 is 1.39 bits per heavy atom. The summed E-state index contributed by atoms with van der Waals surface area (Å²) in [5, 5.41) is 3.57. The van der Waals surface area contributed by atoms with Crippen molar-refractivity contribution in [1.29, 1.82) is 0 Å². The number of hydrogen-bond donors (Lipinski definition) is 1. The lowest BCUT2D eigenvalue weighted by molar-refractivity contribution is 0.430. The van der Waals surface area contributed by atoms with Gasteiger partial charge in [0.15, 0.2) is 9.84 Å². The monoisotopic (exact) mass is 270 g/mol. The van der Waals surface area contributed by atoms with Crippen LogP contribution >= 0.6 is 0 Å². The summed E-state index contributed by atoms with van der Waals surface area (Å²) in [6, 6.07) is 5.89. The highest BCUT2D eigenvalue weighted by atomic mass is 32.2. The fraction of sp³-hybridized carbons (Fsp3) is 0.182. The van der Waals surface area contributed by atoms with Crippen molar-refractivity contribution < 1.29 is 17.3 Å². The van der Waals surface area contributed by atoms with E-state index in [0.717, 1.165) is 6.26 Å². The summed E-state index contributed by atoms with van der Waals surface area (Å²) in [5.41, 5.74) is 6.05. The van der Waals surface area contributed by atoms with Crippen LogP contribution in [0.1, 0.15) is 5.69 Å². The van der Waals surface area contributed by atoms with Gasteiger partial charge in [-0.05, 0) is 6.07 Å².